The maximum absolute atomic E-state index is 13.1. The number of aromatic nitrogens is 2. The minimum Gasteiger partial charge on any atom is -0.481 e. The number of rotatable bonds is 17. The number of H-pyrrole nitrogens is 1. The van der Waals surface area contributed by atoms with Crippen molar-refractivity contribution < 1.29 is 34.2 Å². The fraction of sp³-hybridized carbons (Fsp3) is 0.636. The number of aliphatic carboxylic acids is 2. The molecule has 3 amide bonds. The van der Waals surface area contributed by atoms with Crippen molar-refractivity contribution in [1.82, 2.24) is 25.9 Å². The number of nitrogens with two attached hydrogens (primary N) is 2. The lowest BCUT2D eigenvalue weighted by Gasteiger charge is -2.27. The fourth-order valence-corrected chi connectivity index (χ4v) is 3.31. The Morgan fingerprint density at radius 2 is 1.64 bits per heavy atom. The molecule has 0 aliphatic carbocycles. The van der Waals surface area contributed by atoms with Crippen LogP contribution < -0.4 is 27.4 Å². The van der Waals surface area contributed by atoms with E-state index in [1.54, 1.807) is 13.8 Å². The zero-order valence-corrected chi connectivity index (χ0v) is 20.5. The van der Waals surface area contributed by atoms with Crippen molar-refractivity contribution in [3.05, 3.63) is 18.2 Å². The number of imidazole rings is 1. The summed E-state index contributed by atoms with van der Waals surface area (Å²) in [6.45, 7) is 3.76. The highest BCUT2D eigenvalue weighted by Gasteiger charge is 2.32. The molecule has 1 aromatic rings. The molecule has 202 valence electrons. The lowest BCUT2D eigenvalue weighted by atomic mass is 10.0. The molecule has 1 rings (SSSR count). The first kappa shape index (κ1) is 30.5. The lowest BCUT2D eigenvalue weighted by molar-refractivity contribution is -0.143. The molecule has 1 aromatic heterocycles. The van der Waals surface area contributed by atoms with Crippen LogP contribution in [0.4, 0.5) is 0 Å². The molecule has 4 atom stereocenters. The first-order valence-electron chi connectivity index (χ1n) is 11.7. The van der Waals surface area contributed by atoms with Crippen LogP contribution >= 0.6 is 0 Å². The molecule has 4 unspecified atom stereocenters. The van der Waals surface area contributed by atoms with Crippen molar-refractivity contribution in [3.8, 4) is 0 Å². The SMILES string of the molecule is CC(C)C(NC(=O)C(Cc1cnc[nH]1)NC(=O)C(N)CCC(=O)O)C(=O)NC(CCCCN)C(=O)O. The molecule has 36 heavy (non-hydrogen) atoms. The van der Waals surface area contributed by atoms with Gasteiger partial charge in [0.1, 0.15) is 18.1 Å². The smallest absolute Gasteiger partial charge is 0.326 e. The van der Waals surface area contributed by atoms with Crippen molar-refractivity contribution in [2.24, 2.45) is 17.4 Å². The third kappa shape index (κ3) is 10.8. The Bertz CT molecular complexity index is 876. The van der Waals surface area contributed by atoms with Crippen LogP contribution in [0, 0.1) is 5.92 Å². The molecule has 14 heteroatoms. The van der Waals surface area contributed by atoms with Gasteiger partial charge in [-0.05, 0) is 38.1 Å². The molecule has 10 N–H and O–H groups in total. The zero-order chi connectivity index (χ0) is 27.3. The monoisotopic (exact) mass is 511 g/mol. The second kappa shape index (κ2) is 15.5. The molecule has 0 bridgehead atoms. The molecule has 0 aliphatic rings. The van der Waals surface area contributed by atoms with Gasteiger partial charge in [0.05, 0.1) is 12.4 Å². The number of amides is 3. The van der Waals surface area contributed by atoms with Gasteiger partial charge in [0.15, 0.2) is 0 Å². The number of hydrogen-bond donors (Lipinski definition) is 8. The number of carboxylic acids is 2. The van der Waals surface area contributed by atoms with E-state index in [4.69, 9.17) is 16.6 Å². The van der Waals surface area contributed by atoms with E-state index in [0.29, 0.717) is 25.1 Å². The predicted octanol–water partition coefficient (Wildman–Crippen LogP) is -1.53. The van der Waals surface area contributed by atoms with E-state index >= 15 is 0 Å². The molecule has 0 saturated carbocycles. The van der Waals surface area contributed by atoms with Crippen LogP contribution in [0.3, 0.4) is 0 Å². The quantitative estimate of drug-likeness (QED) is 0.112. The Morgan fingerprint density at radius 3 is 2.17 bits per heavy atom. The zero-order valence-electron chi connectivity index (χ0n) is 20.5. The van der Waals surface area contributed by atoms with Crippen LogP contribution in [0.2, 0.25) is 0 Å². The Hall–Kier alpha value is -3.52. The second-order valence-corrected chi connectivity index (χ2v) is 8.80. The lowest BCUT2D eigenvalue weighted by Crippen LogP contribution is -2.59. The van der Waals surface area contributed by atoms with Crippen LogP contribution in [0.5, 0.6) is 0 Å². The highest BCUT2D eigenvalue weighted by molar-refractivity contribution is 5.94. The first-order valence-corrected chi connectivity index (χ1v) is 11.7. The predicted molar refractivity (Wildman–Crippen MR) is 128 cm³/mol. The van der Waals surface area contributed by atoms with Crippen molar-refractivity contribution in [2.75, 3.05) is 6.54 Å². The molecule has 0 saturated heterocycles. The number of aromatic amines is 1. The molecular weight excluding hydrogens is 474 g/mol. The average Bonchev–Trinajstić information content (AvgIpc) is 3.32. The first-order chi connectivity index (χ1) is 17.0. The van der Waals surface area contributed by atoms with E-state index in [2.05, 4.69) is 25.9 Å². The van der Waals surface area contributed by atoms with Crippen LogP contribution in [0.1, 0.15) is 51.6 Å². The molecule has 0 aromatic carbocycles. The van der Waals surface area contributed by atoms with Gasteiger partial charge in [-0.2, -0.15) is 0 Å². The standard InChI is InChI=1S/C22H37N7O7/c1-12(2)18(21(34)27-15(22(35)36)5-3-4-8-23)29-20(33)16(9-13-10-25-11-26-13)28-19(32)14(24)6-7-17(30)31/h10-12,14-16,18H,3-9,23-24H2,1-2H3,(H,25,26)(H,27,34)(H,28,32)(H,29,33)(H,30,31)(H,35,36). The summed E-state index contributed by atoms with van der Waals surface area (Å²) < 4.78 is 0. The number of hydrogen-bond acceptors (Lipinski definition) is 8. The van der Waals surface area contributed by atoms with E-state index in [0.717, 1.165) is 0 Å². The van der Waals surface area contributed by atoms with Gasteiger partial charge in [-0.1, -0.05) is 13.8 Å². The molecule has 0 spiro atoms. The number of carbonyl (C=O) groups excluding carboxylic acids is 3. The summed E-state index contributed by atoms with van der Waals surface area (Å²) >= 11 is 0. The molecule has 0 aliphatic heterocycles. The summed E-state index contributed by atoms with van der Waals surface area (Å²) in [5.74, 6) is -4.83. The molecule has 14 nitrogen and oxygen atoms in total. The summed E-state index contributed by atoms with van der Waals surface area (Å²) in [4.78, 5) is 67.6. The van der Waals surface area contributed by atoms with Crippen LogP contribution in [0.15, 0.2) is 12.5 Å². The third-order valence-electron chi connectivity index (χ3n) is 5.43. The highest BCUT2D eigenvalue weighted by atomic mass is 16.4. The Morgan fingerprint density at radius 1 is 0.972 bits per heavy atom. The summed E-state index contributed by atoms with van der Waals surface area (Å²) in [6.07, 6.45) is 3.69. The van der Waals surface area contributed by atoms with Crippen LogP contribution in [-0.2, 0) is 30.4 Å². The minimum absolute atomic E-state index is 0.00744. The van der Waals surface area contributed by atoms with E-state index < -0.39 is 59.7 Å². The largest absolute Gasteiger partial charge is 0.481 e. The molecular formula is C22H37N7O7. The number of nitrogens with one attached hydrogen (secondary N) is 4. The van der Waals surface area contributed by atoms with Gasteiger partial charge in [0, 0.05) is 24.7 Å². The summed E-state index contributed by atoms with van der Waals surface area (Å²) in [7, 11) is 0. The third-order valence-corrected chi connectivity index (χ3v) is 5.43. The summed E-state index contributed by atoms with van der Waals surface area (Å²) in [5, 5.41) is 25.8. The van der Waals surface area contributed by atoms with E-state index in [9.17, 15) is 29.1 Å². The van der Waals surface area contributed by atoms with Gasteiger partial charge >= 0.3 is 11.9 Å². The maximum Gasteiger partial charge on any atom is 0.326 e. The van der Waals surface area contributed by atoms with E-state index in [1.807, 2.05) is 0 Å². The van der Waals surface area contributed by atoms with Gasteiger partial charge in [0.2, 0.25) is 17.7 Å². The van der Waals surface area contributed by atoms with E-state index in [1.165, 1.54) is 12.5 Å². The fourth-order valence-electron chi connectivity index (χ4n) is 3.31. The number of carboxylic acid groups (broad SMARTS) is 2. The molecule has 1 heterocycles. The Labute approximate surface area is 209 Å². The molecule has 0 fully saturated rings. The van der Waals surface area contributed by atoms with Crippen molar-refractivity contribution >= 4 is 29.7 Å². The molecule has 0 radical (unpaired) electrons. The Balaban J connectivity index is 2.96. The normalized spacial score (nSPS) is 14.4. The van der Waals surface area contributed by atoms with E-state index in [-0.39, 0.29) is 25.7 Å². The number of carbonyl (C=O) groups is 5. The van der Waals surface area contributed by atoms with Crippen molar-refractivity contribution in [2.45, 2.75) is 76.5 Å². The van der Waals surface area contributed by atoms with Crippen LogP contribution in [0.25, 0.3) is 0 Å². The maximum atomic E-state index is 13.1. The number of nitrogens with zero attached hydrogens (tertiary/aromatic N) is 1. The van der Waals surface area contributed by atoms with Gasteiger partial charge in [-0.15, -0.1) is 0 Å². The van der Waals surface area contributed by atoms with Crippen molar-refractivity contribution in [1.29, 1.82) is 0 Å². The summed E-state index contributed by atoms with van der Waals surface area (Å²) in [6, 6.07) is -4.56. The van der Waals surface area contributed by atoms with Gasteiger partial charge in [-0.25, -0.2) is 9.78 Å². The second-order valence-electron chi connectivity index (χ2n) is 8.80. The Kier molecular flexibility index (Phi) is 13.1. The summed E-state index contributed by atoms with van der Waals surface area (Å²) in [5.41, 5.74) is 11.7. The average molecular weight is 512 g/mol. The van der Waals surface area contributed by atoms with Gasteiger partial charge in [0.25, 0.3) is 0 Å². The van der Waals surface area contributed by atoms with Gasteiger partial charge in [-0.3, -0.25) is 19.2 Å². The van der Waals surface area contributed by atoms with Crippen LogP contribution in [-0.4, -0.2) is 80.6 Å². The van der Waals surface area contributed by atoms with Crippen molar-refractivity contribution in [3.63, 3.8) is 0 Å². The minimum atomic E-state index is -1.20. The topological polar surface area (TPSA) is 243 Å². The number of unbranched alkanes of at least 4 members (excludes halogenated alkanes) is 1. The van der Waals surface area contributed by atoms with Gasteiger partial charge < -0.3 is 42.6 Å². The highest BCUT2D eigenvalue weighted by Crippen LogP contribution is 2.08.